The number of carbonyl (C=O) groups is 1. The number of rotatable bonds is 6. The summed E-state index contributed by atoms with van der Waals surface area (Å²) in [5, 5.41) is 5.21. The van der Waals surface area contributed by atoms with Crippen LogP contribution in [0.5, 0.6) is 11.5 Å². The molecule has 0 radical (unpaired) electrons. The maximum atomic E-state index is 13.9. The van der Waals surface area contributed by atoms with Crippen molar-refractivity contribution >= 4 is 34.0 Å². The summed E-state index contributed by atoms with van der Waals surface area (Å²) in [6.07, 6.45) is 0. The Hall–Kier alpha value is -2.64. The summed E-state index contributed by atoms with van der Waals surface area (Å²) in [7, 11) is 1.40. The van der Waals surface area contributed by atoms with Crippen LogP contribution in [0, 0.1) is 5.82 Å². The normalized spacial score (nSPS) is 10.5. The Bertz CT molecular complexity index is 977. The average molecular weight is 407 g/mol. The van der Waals surface area contributed by atoms with E-state index in [1.165, 1.54) is 36.6 Å². The molecule has 0 fully saturated rings. The van der Waals surface area contributed by atoms with Crippen LogP contribution in [0.4, 0.5) is 9.52 Å². The fraction of sp³-hybridized carbons (Fsp3) is 0.158. The Balaban J connectivity index is 1.74. The molecule has 0 aliphatic carbocycles. The third-order valence-corrected chi connectivity index (χ3v) is 4.72. The number of ether oxygens (including phenoxy) is 2. The second-order valence-electron chi connectivity index (χ2n) is 5.42. The predicted octanol–water partition coefficient (Wildman–Crippen LogP) is 5.26. The molecular formula is C19H16ClFN2O3S. The van der Waals surface area contributed by atoms with Crippen LogP contribution in [-0.2, 0) is 0 Å². The molecule has 0 aliphatic rings. The highest BCUT2D eigenvalue weighted by molar-refractivity contribution is 7.14. The average Bonchev–Trinajstić information content (AvgIpc) is 3.12. The molecule has 0 unspecified atom stereocenters. The fourth-order valence-corrected chi connectivity index (χ4v) is 3.32. The van der Waals surface area contributed by atoms with Gasteiger partial charge in [0, 0.05) is 16.5 Å². The van der Waals surface area contributed by atoms with E-state index in [2.05, 4.69) is 10.3 Å². The number of methoxy groups -OCH3 is 1. The van der Waals surface area contributed by atoms with Gasteiger partial charge in [0.15, 0.2) is 16.7 Å². The highest BCUT2D eigenvalue weighted by atomic mass is 35.5. The van der Waals surface area contributed by atoms with Crippen molar-refractivity contribution < 1.29 is 18.7 Å². The molecule has 0 spiro atoms. The van der Waals surface area contributed by atoms with Gasteiger partial charge >= 0.3 is 0 Å². The van der Waals surface area contributed by atoms with Gasteiger partial charge in [0.2, 0.25) is 0 Å². The minimum atomic E-state index is -0.474. The lowest BCUT2D eigenvalue weighted by atomic mass is 10.1. The maximum absolute atomic E-state index is 13.9. The second kappa shape index (κ2) is 8.37. The van der Waals surface area contributed by atoms with Crippen molar-refractivity contribution in [3.8, 4) is 22.8 Å². The van der Waals surface area contributed by atoms with Crippen molar-refractivity contribution in [2.24, 2.45) is 0 Å². The number of halogens is 2. The number of anilines is 1. The molecule has 0 saturated carbocycles. The van der Waals surface area contributed by atoms with Gasteiger partial charge < -0.3 is 9.47 Å². The summed E-state index contributed by atoms with van der Waals surface area (Å²) in [5.74, 6) is -0.136. The van der Waals surface area contributed by atoms with Crippen LogP contribution in [0.1, 0.15) is 17.3 Å². The first-order chi connectivity index (χ1) is 13.0. The summed E-state index contributed by atoms with van der Waals surface area (Å²) in [6.45, 7) is 2.34. The third kappa shape index (κ3) is 4.37. The summed E-state index contributed by atoms with van der Waals surface area (Å²) in [5.41, 5.74) is 1.53. The van der Waals surface area contributed by atoms with Gasteiger partial charge in [-0.25, -0.2) is 9.37 Å². The van der Waals surface area contributed by atoms with E-state index in [1.54, 1.807) is 23.6 Å². The van der Waals surface area contributed by atoms with Gasteiger partial charge in [-0.3, -0.25) is 10.1 Å². The standard InChI is InChI=1S/C19H16ClFN2O3S/c1-3-26-16-6-5-12(8-13(16)20)18(24)23-19-22-15(10-27-19)11-4-7-17(25-2)14(21)9-11/h4-10H,3H2,1-2H3,(H,22,23,24). The molecule has 27 heavy (non-hydrogen) atoms. The predicted molar refractivity (Wildman–Crippen MR) is 105 cm³/mol. The molecule has 1 aromatic heterocycles. The molecule has 1 heterocycles. The third-order valence-electron chi connectivity index (χ3n) is 3.67. The number of nitrogens with one attached hydrogen (secondary N) is 1. The van der Waals surface area contributed by atoms with Crippen molar-refractivity contribution in [3.05, 3.63) is 58.2 Å². The Morgan fingerprint density at radius 1 is 1.26 bits per heavy atom. The van der Waals surface area contributed by atoms with Crippen LogP contribution in [-0.4, -0.2) is 24.6 Å². The number of carbonyl (C=O) groups excluding carboxylic acids is 1. The van der Waals surface area contributed by atoms with Gasteiger partial charge in [0.05, 0.1) is 24.4 Å². The van der Waals surface area contributed by atoms with Crippen molar-refractivity contribution in [3.63, 3.8) is 0 Å². The van der Waals surface area contributed by atoms with E-state index < -0.39 is 5.82 Å². The van der Waals surface area contributed by atoms with Gasteiger partial charge in [-0.05, 0) is 43.3 Å². The van der Waals surface area contributed by atoms with Crippen molar-refractivity contribution in [1.82, 2.24) is 4.98 Å². The lowest BCUT2D eigenvalue weighted by molar-refractivity contribution is 0.102. The zero-order chi connectivity index (χ0) is 19.4. The van der Waals surface area contributed by atoms with Crippen molar-refractivity contribution in [2.75, 3.05) is 19.0 Å². The first kappa shape index (κ1) is 19.1. The first-order valence-electron chi connectivity index (χ1n) is 8.05. The van der Waals surface area contributed by atoms with Crippen LogP contribution in [0.2, 0.25) is 5.02 Å². The maximum Gasteiger partial charge on any atom is 0.257 e. The Morgan fingerprint density at radius 3 is 2.70 bits per heavy atom. The number of hydrogen-bond acceptors (Lipinski definition) is 5. The molecule has 140 valence electrons. The van der Waals surface area contributed by atoms with E-state index >= 15 is 0 Å². The molecule has 3 rings (SSSR count). The Morgan fingerprint density at radius 2 is 2.04 bits per heavy atom. The lowest BCUT2D eigenvalue weighted by Crippen LogP contribution is -2.11. The van der Waals surface area contributed by atoms with E-state index in [9.17, 15) is 9.18 Å². The minimum absolute atomic E-state index is 0.162. The number of hydrogen-bond donors (Lipinski definition) is 1. The molecule has 5 nitrogen and oxygen atoms in total. The Kier molecular flexibility index (Phi) is 5.93. The van der Waals surface area contributed by atoms with E-state index in [1.807, 2.05) is 6.92 Å². The first-order valence-corrected chi connectivity index (χ1v) is 9.30. The van der Waals surface area contributed by atoms with Crippen molar-refractivity contribution in [1.29, 1.82) is 0 Å². The van der Waals surface area contributed by atoms with E-state index in [0.29, 0.717) is 39.3 Å². The molecule has 0 aliphatic heterocycles. The van der Waals surface area contributed by atoms with Gasteiger partial charge in [0.25, 0.3) is 5.91 Å². The molecule has 0 bridgehead atoms. The minimum Gasteiger partial charge on any atom is -0.494 e. The van der Waals surface area contributed by atoms with Crippen molar-refractivity contribution in [2.45, 2.75) is 6.92 Å². The van der Waals surface area contributed by atoms with Crippen LogP contribution in [0.3, 0.4) is 0 Å². The molecule has 0 saturated heterocycles. The number of aromatic nitrogens is 1. The van der Waals surface area contributed by atoms with Crippen LogP contribution in [0.15, 0.2) is 41.8 Å². The highest BCUT2D eigenvalue weighted by Crippen LogP contribution is 2.29. The summed E-state index contributed by atoms with van der Waals surface area (Å²) in [6, 6.07) is 9.38. The number of amides is 1. The SMILES string of the molecule is CCOc1ccc(C(=O)Nc2nc(-c3ccc(OC)c(F)c3)cs2)cc1Cl. The van der Waals surface area contributed by atoms with E-state index in [4.69, 9.17) is 21.1 Å². The quantitative estimate of drug-likeness (QED) is 0.606. The van der Waals surface area contributed by atoms with Crippen LogP contribution < -0.4 is 14.8 Å². The zero-order valence-corrected chi connectivity index (χ0v) is 16.2. The molecule has 8 heteroatoms. The number of nitrogens with zero attached hydrogens (tertiary/aromatic N) is 1. The molecule has 2 aromatic carbocycles. The van der Waals surface area contributed by atoms with E-state index in [-0.39, 0.29) is 11.7 Å². The Labute approximate surface area is 164 Å². The second-order valence-corrected chi connectivity index (χ2v) is 6.68. The molecule has 3 aromatic rings. The summed E-state index contributed by atoms with van der Waals surface area (Å²) >= 11 is 7.36. The lowest BCUT2D eigenvalue weighted by Gasteiger charge is -2.07. The van der Waals surface area contributed by atoms with E-state index in [0.717, 1.165) is 0 Å². The van der Waals surface area contributed by atoms with Crippen LogP contribution >= 0.6 is 22.9 Å². The largest absolute Gasteiger partial charge is 0.494 e. The molecule has 1 amide bonds. The summed E-state index contributed by atoms with van der Waals surface area (Å²) in [4.78, 5) is 16.7. The summed E-state index contributed by atoms with van der Waals surface area (Å²) < 4.78 is 24.1. The molecule has 1 N–H and O–H groups in total. The molecule has 0 atom stereocenters. The molecular weight excluding hydrogens is 391 g/mol. The number of benzene rings is 2. The zero-order valence-electron chi connectivity index (χ0n) is 14.6. The highest BCUT2D eigenvalue weighted by Gasteiger charge is 2.13. The van der Waals surface area contributed by atoms with Gasteiger partial charge in [-0.1, -0.05) is 11.6 Å². The van der Waals surface area contributed by atoms with Crippen LogP contribution in [0.25, 0.3) is 11.3 Å². The van der Waals surface area contributed by atoms with Gasteiger partial charge in [-0.15, -0.1) is 11.3 Å². The van der Waals surface area contributed by atoms with Gasteiger partial charge in [-0.2, -0.15) is 0 Å². The number of thiazole rings is 1. The van der Waals surface area contributed by atoms with Gasteiger partial charge in [0.1, 0.15) is 5.75 Å². The fourth-order valence-electron chi connectivity index (χ4n) is 2.37. The monoisotopic (exact) mass is 406 g/mol. The topological polar surface area (TPSA) is 60.5 Å². The smallest absolute Gasteiger partial charge is 0.257 e.